The van der Waals surface area contributed by atoms with E-state index in [-0.39, 0.29) is 11.3 Å². The second-order valence-electron chi connectivity index (χ2n) is 4.61. The maximum absolute atomic E-state index is 13.2. The molecule has 1 aromatic carbocycles. The highest BCUT2D eigenvalue weighted by Gasteiger charge is 2.02. The van der Waals surface area contributed by atoms with Gasteiger partial charge in [0.15, 0.2) is 0 Å². The molecule has 21 heavy (non-hydrogen) atoms. The van der Waals surface area contributed by atoms with Crippen molar-refractivity contribution in [1.82, 2.24) is 4.57 Å². The molecule has 2 N–H and O–H groups in total. The highest BCUT2D eigenvalue weighted by atomic mass is 19.1. The van der Waals surface area contributed by atoms with Gasteiger partial charge in [-0.3, -0.25) is 4.79 Å². The van der Waals surface area contributed by atoms with Gasteiger partial charge in [0.1, 0.15) is 11.6 Å². The van der Waals surface area contributed by atoms with Crippen LogP contribution in [0.15, 0.2) is 41.3 Å². The quantitative estimate of drug-likeness (QED) is 0.854. The summed E-state index contributed by atoms with van der Waals surface area (Å²) in [4.78, 5) is 11.6. The van der Waals surface area contributed by atoms with Crippen LogP contribution in [0.2, 0.25) is 0 Å². The molecule has 0 atom stereocenters. The Balaban J connectivity index is 2.07. The van der Waals surface area contributed by atoms with Crippen LogP contribution < -0.4 is 10.9 Å². The lowest BCUT2D eigenvalue weighted by Crippen LogP contribution is -2.21. The van der Waals surface area contributed by atoms with Crippen molar-refractivity contribution in [3.05, 3.63) is 58.3 Å². The van der Waals surface area contributed by atoms with E-state index in [0.29, 0.717) is 25.3 Å². The van der Waals surface area contributed by atoms with Crippen molar-refractivity contribution in [3.63, 3.8) is 0 Å². The molecule has 6 heteroatoms. The zero-order valence-corrected chi connectivity index (χ0v) is 11.7. The molecule has 0 bridgehead atoms. The number of methoxy groups -OCH3 is 1. The maximum Gasteiger partial charge on any atom is 0.250 e. The average Bonchev–Trinajstić information content (AvgIpc) is 2.44. The molecule has 0 aliphatic rings. The molecule has 2 rings (SSSR count). The monoisotopic (exact) mass is 292 g/mol. The van der Waals surface area contributed by atoms with Gasteiger partial charge in [0.25, 0.3) is 5.56 Å². The van der Waals surface area contributed by atoms with Crippen molar-refractivity contribution in [2.24, 2.45) is 0 Å². The van der Waals surface area contributed by atoms with E-state index in [9.17, 15) is 14.3 Å². The van der Waals surface area contributed by atoms with Crippen LogP contribution in [0, 0.1) is 5.82 Å². The van der Waals surface area contributed by atoms with Gasteiger partial charge in [-0.1, -0.05) is 0 Å². The molecule has 1 heterocycles. The molecule has 5 nitrogen and oxygen atoms in total. The molecule has 112 valence electrons. The van der Waals surface area contributed by atoms with E-state index in [1.807, 2.05) is 0 Å². The number of aromatic nitrogens is 1. The molecule has 0 amide bonds. The van der Waals surface area contributed by atoms with E-state index in [1.165, 1.54) is 22.8 Å². The molecular formula is C15H17FN2O3. The van der Waals surface area contributed by atoms with Crippen LogP contribution in [0.4, 0.5) is 10.1 Å². The van der Waals surface area contributed by atoms with Gasteiger partial charge in [-0.05, 0) is 23.8 Å². The van der Waals surface area contributed by atoms with Gasteiger partial charge in [0.05, 0.1) is 12.3 Å². The first-order valence-electron chi connectivity index (χ1n) is 6.50. The van der Waals surface area contributed by atoms with Crippen molar-refractivity contribution in [2.45, 2.75) is 13.1 Å². The number of nitrogens with zero attached hydrogens (tertiary/aromatic N) is 1. The minimum absolute atomic E-state index is 0.110. The van der Waals surface area contributed by atoms with Gasteiger partial charge >= 0.3 is 0 Å². The van der Waals surface area contributed by atoms with Gasteiger partial charge in [-0.25, -0.2) is 4.39 Å². The fourth-order valence-electron chi connectivity index (χ4n) is 1.94. The molecule has 0 saturated carbocycles. The number of anilines is 1. The normalized spacial score (nSPS) is 10.6. The molecular weight excluding hydrogens is 275 g/mol. The number of pyridine rings is 1. The number of halogens is 1. The standard InChI is InChI=1S/C15H17FN2O3/c1-21-5-4-18-10-13(2-3-15(18)20)17-9-11-6-12(16)8-14(19)7-11/h2-3,6-8,10,17,19H,4-5,9H2,1H3. The zero-order valence-electron chi connectivity index (χ0n) is 11.7. The zero-order chi connectivity index (χ0) is 15.2. The maximum atomic E-state index is 13.2. The lowest BCUT2D eigenvalue weighted by molar-refractivity contribution is 0.186. The van der Waals surface area contributed by atoms with Gasteiger partial charge in [-0.15, -0.1) is 0 Å². The van der Waals surface area contributed by atoms with Crippen LogP contribution in [-0.2, 0) is 17.8 Å². The van der Waals surface area contributed by atoms with Crippen LogP contribution in [0.5, 0.6) is 5.75 Å². The highest BCUT2D eigenvalue weighted by molar-refractivity contribution is 5.41. The van der Waals surface area contributed by atoms with Gasteiger partial charge in [0, 0.05) is 38.5 Å². The molecule has 0 unspecified atom stereocenters. The predicted molar refractivity (Wildman–Crippen MR) is 78.0 cm³/mol. The van der Waals surface area contributed by atoms with Gasteiger partial charge in [-0.2, -0.15) is 0 Å². The van der Waals surface area contributed by atoms with E-state index in [0.717, 1.165) is 11.8 Å². The summed E-state index contributed by atoms with van der Waals surface area (Å²) in [5.74, 6) is -0.603. The Hall–Kier alpha value is -2.34. The van der Waals surface area contributed by atoms with Crippen molar-refractivity contribution in [1.29, 1.82) is 0 Å². The fraction of sp³-hybridized carbons (Fsp3) is 0.267. The molecule has 0 saturated heterocycles. The van der Waals surface area contributed by atoms with Crippen LogP contribution >= 0.6 is 0 Å². The van der Waals surface area contributed by atoms with E-state index in [2.05, 4.69) is 5.32 Å². The molecule has 2 aromatic rings. The Labute approximate surface area is 121 Å². The van der Waals surface area contributed by atoms with E-state index >= 15 is 0 Å². The predicted octanol–water partition coefficient (Wildman–Crippen LogP) is 1.95. The first-order chi connectivity index (χ1) is 10.1. The SMILES string of the molecule is COCCn1cc(NCc2cc(O)cc(F)c2)ccc1=O. The number of hydrogen-bond donors (Lipinski definition) is 2. The van der Waals surface area contributed by atoms with E-state index in [1.54, 1.807) is 19.4 Å². The minimum atomic E-state index is -0.489. The van der Waals surface area contributed by atoms with Crippen molar-refractivity contribution < 1.29 is 14.2 Å². The first-order valence-corrected chi connectivity index (χ1v) is 6.50. The summed E-state index contributed by atoms with van der Waals surface area (Å²) in [6.07, 6.45) is 1.68. The van der Waals surface area contributed by atoms with E-state index < -0.39 is 5.82 Å². The number of phenols is 1. The molecule has 0 radical (unpaired) electrons. The summed E-state index contributed by atoms with van der Waals surface area (Å²) in [5.41, 5.74) is 1.23. The number of aromatic hydroxyl groups is 1. The second-order valence-corrected chi connectivity index (χ2v) is 4.61. The van der Waals surface area contributed by atoms with Gasteiger partial charge < -0.3 is 19.7 Å². The Morgan fingerprint density at radius 1 is 1.33 bits per heavy atom. The smallest absolute Gasteiger partial charge is 0.250 e. The van der Waals surface area contributed by atoms with E-state index in [4.69, 9.17) is 4.74 Å². The van der Waals surface area contributed by atoms with Crippen LogP contribution in [0.3, 0.4) is 0 Å². The third kappa shape index (κ3) is 4.32. The number of nitrogens with one attached hydrogen (secondary N) is 1. The molecule has 0 spiro atoms. The summed E-state index contributed by atoms with van der Waals surface area (Å²) in [6, 6.07) is 6.99. The number of benzene rings is 1. The minimum Gasteiger partial charge on any atom is -0.508 e. The average molecular weight is 292 g/mol. The number of rotatable bonds is 6. The Morgan fingerprint density at radius 3 is 2.86 bits per heavy atom. The molecule has 0 aliphatic carbocycles. The summed E-state index contributed by atoms with van der Waals surface area (Å²) in [7, 11) is 1.57. The van der Waals surface area contributed by atoms with Gasteiger partial charge in [0.2, 0.25) is 0 Å². The molecule has 0 aliphatic heterocycles. The first kappa shape index (κ1) is 15.1. The summed E-state index contributed by atoms with van der Waals surface area (Å²) in [5, 5.41) is 12.4. The lowest BCUT2D eigenvalue weighted by atomic mass is 10.2. The van der Waals surface area contributed by atoms with Crippen molar-refractivity contribution in [2.75, 3.05) is 19.0 Å². The fourth-order valence-corrected chi connectivity index (χ4v) is 1.94. The number of ether oxygens (including phenoxy) is 1. The molecule has 1 aromatic heterocycles. The Bertz CT molecular complexity index is 650. The largest absolute Gasteiger partial charge is 0.508 e. The third-order valence-corrected chi connectivity index (χ3v) is 2.96. The Kier molecular flexibility index (Phi) is 4.94. The number of hydrogen-bond acceptors (Lipinski definition) is 4. The topological polar surface area (TPSA) is 63.5 Å². The highest BCUT2D eigenvalue weighted by Crippen LogP contribution is 2.16. The third-order valence-electron chi connectivity index (χ3n) is 2.96. The Morgan fingerprint density at radius 2 is 2.14 bits per heavy atom. The lowest BCUT2D eigenvalue weighted by Gasteiger charge is -2.10. The van der Waals surface area contributed by atoms with Crippen LogP contribution in [0.1, 0.15) is 5.56 Å². The van der Waals surface area contributed by atoms with Crippen LogP contribution in [0.25, 0.3) is 0 Å². The van der Waals surface area contributed by atoms with Crippen molar-refractivity contribution in [3.8, 4) is 5.75 Å². The number of phenolic OH excluding ortho intramolecular Hbond substituents is 1. The summed E-state index contributed by atoms with van der Waals surface area (Å²) >= 11 is 0. The molecule has 0 fully saturated rings. The second kappa shape index (κ2) is 6.90. The summed E-state index contributed by atoms with van der Waals surface area (Å²) < 4.78 is 19.6. The summed E-state index contributed by atoms with van der Waals surface area (Å²) in [6.45, 7) is 1.25. The van der Waals surface area contributed by atoms with Crippen LogP contribution in [-0.4, -0.2) is 23.4 Å². The van der Waals surface area contributed by atoms with Crippen molar-refractivity contribution >= 4 is 5.69 Å².